The summed E-state index contributed by atoms with van der Waals surface area (Å²) in [6.07, 6.45) is 3.84. The molecule has 0 spiro atoms. The van der Waals surface area contributed by atoms with Crippen LogP contribution in [-0.4, -0.2) is 13.9 Å². The van der Waals surface area contributed by atoms with Gasteiger partial charge in [0.15, 0.2) is 0 Å². The molecule has 3 aromatic rings. The number of nitrogens with zero attached hydrogens (tertiary/aromatic N) is 3. The average Bonchev–Trinajstić information content (AvgIpc) is 2.86. The molecule has 0 aliphatic carbocycles. The van der Waals surface area contributed by atoms with Crippen LogP contribution in [0, 0.1) is 6.92 Å². The number of rotatable bonds is 2. The molecule has 0 atom stereocenters. The van der Waals surface area contributed by atoms with E-state index in [1.54, 1.807) is 0 Å². The van der Waals surface area contributed by atoms with E-state index in [9.17, 15) is 0 Å². The summed E-state index contributed by atoms with van der Waals surface area (Å²) in [6, 6.07) is 5.89. The van der Waals surface area contributed by atoms with Crippen LogP contribution in [-0.2, 0) is 6.54 Å². The zero-order valence-electron chi connectivity index (χ0n) is 9.22. The van der Waals surface area contributed by atoms with Crippen LogP contribution in [0.4, 0.5) is 0 Å². The second kappa shape index (κ2) is 4.13. The highest BCUT2D eigenvalue weighted by molar-refractivity contribution is 7.13. The standard InChI is InChI=1S/C12H10ClN3S/c1-8-5-16(7-14-8)6-11-10-3-2-9(13)4-12(10)17-15-11/h2-5,7H,6H2,1H3. The maximum absolute atomic E-state index is 5.96. The van der Waals surface area contributed by atoms with Gasteiger partial charge in [-0.1, -0.05) is 17.7 Å². The number of aromatic nitrogens is 3. The van der Waals surface area contributed by atoms with E-state index < -0.39 is 0 Å². The van der Waals surface area contributed by atoms with Crippen molar-refractivity contribution in [2.24, 2.45) is 0 Å². The number of hydrogen-bond acceptors (Lipinski definition) is 3. The minimum atomic E-state index is 0.752. The highest BCUT2D eigenvalue weighted by Crippen LogP contribution is 2.26. The van der Waals surface area contributed by atoms with E-state index >= 15 is 0 Å². The van der Waals surface area contributed by atoms with E-state index in [4.69, 9.17) is 11.6 Å². The molecule has 3 rings (SSSR count). The van der Waals surface area contributed by atoms with Gasteiger partial charge in [0.25, 0.3) is 0 Å². The summed E-state index contributed by atoms with van der Waals surface area (Å²) in [7, 11) is 0. The summed E-state index contributed by atoms with van der Waals surface area (Å²) < 4.78 is 7.64. The molecule has 5 heteroatoms. The van der Waals surface area contributed by atoms with Crippen molar-refractivity contribution in [3.63, 3.8) is 0 Å². The second-order valence-electron chi connectivity index (χ2n) is 3.96. The van der Waals surface area contributed by atoms with Crippen molar-refractivity contribution in [3.05, 3.63) is 47.1 Å². The van der Waals surface area contributed by atoms with Crippen molar-refractivity contribution in [2.45, 2.75) is 13.5 Å². The van der Waals surface area contributed by atoms with Crippen LogP contribution in [0.15, 0.2) is 30.7 Å². The molecule has 0 saturated heterocycles. The fourth-order valence-electron chi connectivity index (χ4n) is 1.81. The molecule has 2 aromatic heterocycles. The summed E-state index contributed by atoms with van der Waals surface area (Å²) in [5.74, 6) is 0. The Morgan fingerprint density at radius 1 is 1.41 bits per heavy atom. The molecule has 0 N–H and O–H groups in total. The molecule has 0 radical (unpaired) electrons. The van der Waals surface area contributed by atoms with Crippen LogP contribution in [0.25, 0.3) is 10.1 Å². The van der Waals surface area contributed by atoms with Crippen LogP contribution in [0.1, 0.15) is 11.4 Å². The van der Waals surface area contributed by atoms with Gasteiger partial charge in [0.2, 0.25) is 0 Å². The van der Waals surface area contributed by atoms with Crippen LogP contribution < -0.4 is 0 Å². The molecule has 86 valence electrons. The number of imidazole rings is 1. The van der Waals surface area contributed by atoms with Crippen LogP contribution in [0.2, 0.25) is 5.02 Å². The largest absolute Gasteiger partial charge is 0.331 e. The first-order chi connectivity index (χ1) is 8.22. The van der Waals surface area contributed by atoms with Crippen molar-refractivity contribution in [1.82, 2.24) is 13.9 Å². The van der Waals surface area contributed by atoms with E-state index in [1.807, 2.05) is 42.2 Å². The lowest BCUT2D eigenvalue weighted by Crippen LogP contribution is -1.96. The van der Waals surface area contributed by atoms with Crippen LogP contribution >= 0.6 is 23.1 Å². The molecule has 2 heterocycles. The highest BCUT2D eigenvalue weighted by atomic mass is 35.5. The smallest absolute Gasteiger partial charge is 0.0952 e. The van der Waals surface area contributed by atoms with E-state index in [0.717, 1.165) is 27.7 Å². The number of benzene rings is 1. The Morgan fingerprint density at radius 3 is 3.06 bits per heavy atom. The van der Waals surface area contributed by atoms with E-state index in [0.29, 0.717) is 0 Å². The summed E-state index contributed by atoms with van der Waals surface area (Å²) in [4.78, 5) is 4.21. The fourth-order valence-corrected chi connectivity index (χ4v) is 2.87. The topological polar surface area (TPSA) is 30.7 Å². The average molecular weight is 264 g/mol. The van der Waals surface area contributed by atoms with Crippen LogP contribution in [0.3, 0.4) is 0 Å². The molecule has 0 saturated carbocycles. The molecule has 17 heavy (non-hydrogen) atoms. The molecule has 0 aliphatic rings. The summed E-state index contributed by atoms with van der Waals surface area (Å²) in [6.45, 7) is 2.73. The van der Waals surface area contributed by atoms with Gasteiger partial charge in [-0.2, -0.15) is 4.37 Å². The van der Waals surface area contributed by atoms with Gasteiger partial charge in [-0.15, -0.1) is 0 Å². The third kappa shape index (κ3) is 2.06. The monoisotopic (exact) mass is 263 g/mol. The number of fused-ring (bicyclic) bond motifs is 1. The fraction of sp³-hybridized carbons (Fsp3) is 0.167. The molecular formula is C12H10ClN3S. The van der Waals surface area contributed by atoms with Gasteiger partial charge in [0.1, 0.15) is 0 Å². The van der Waals surface area contributed by atoms with Gasteiger partial charge < -0.3 is 4.57 Å². The van der Waals surface area contributed by atoms with Gasteiger partial charge in [-0.25, -0.2) is 4.98 Å². The normalized spacial score (nSPS) is 11.2. The van der Waals surface area contributed by atoms with Crippen molar-refractivity contribution in [2.75, 3.05) is 0 Å². The Hall–Kier alpha value is -1.39. The van der Waals surface area contributed by atoms with Gasteiger partial charge in [0, 0.05) is 16.6 Å². The minimum absolute atomic E-state index is 0.752. The Morgan fingerprint density at radius 2 is 2.29 bits per heavy atom. The molecular weight excluding hydrogens is 254 g/mol. The zero-order chi connectivity index (χ0) is 11.8. The third-order valence-corrected chi connectivity index (χ3v) is 3.68. The Bertz CT molecular complexity index is 671. The van der Waals surface area contributed by atoms with Crippen LogP contribution in [0.5, 0.6) is 0 Å². The molecule has 0 unspecified atom stereocenters. The molecule has 3 nitrogen and oxygen atoms in total. The first kappa shape index (κ1) is 10.7. The number of halogens is 1. The summed E-state index contributed by atoms with van der Waals surface area (Å²) >= 11 is 7.44. The maximum atomic E-state index is 5.96. The van der Waals surface area contributed by atoms with Crippen molar-refractivity contribution < 1.29 is 0 Å². The summed E-state index contributed by atoms with van der Waals surface area (Å²) in [5, 5.41) is 1.93. The zero-order valence-corrected chi connectivity index (χ0v) is 10.8. The second-order valence-corrected chi connectivity index (χ2v) is 5.20. The highest BCUT2D eigenvalue weighted by Gasteiger charge is 2.07. The Balaban J connectivity index is 2.00. The van der Waals surface area contributed by atoms with Gasteiger partial charge in [0.05, 0.1) is 29.0 Å². The first-order valence-corrected chi connectivity index (χ1v) is 6.40. The number of hydrogen-bond donors (Lipinski definition) is 0. The third-order valence-electron chi connectivity index (χ3n) is 2.60. The first-order valence-electron chi connectivity index (χ1n) is 5.24. The van der Waals surface area contributed by atoms with Crippen molar-refractivity contribution in [3.8, 4) is 0 Å². The minimum Gasteiger partial charge on any atom is -0.331 e. The van der Waals surface area contributed by atoms with E-state index in [1.165, 1.54) is 16.9 Å². The van der Waals surface area contributed by atoms with Gasteiger partial charge >= 0.3 is 0 Å². The summed E-state index contributed by atoms with van der Waals surface area (Å²) in [5.41, 5.74) is 2.09. The molecule has 0 aliphatic heterocycles. The lowest BCUT2D eigenvalue weighted by molar-refractivity contribution is 0.787. The Labute approximate surface area is 108 Å². The number of aryl methyl sites for hydroxylation is 1. The predicted octanol–water partition coefficient (Wildman–Crippen LogP) is 3.50. The maximum Gasteiger partial charge on any atom is 0.0952 e. The molecule has 0 bridgehead atoms. The quantitative estimate of drug-likeness (QED) is 0.708. The van der Waals surface area contributed by atoms with Gasteiger partial charge in [-0.3, -0.25) is 0 Å². The predicted molar refractivity (Wildman–Crippen MR) is 70.7 cm³/mol. The molecule has 0 amide bonds. The van der Waals surface area contributed by atoms with E-state index in [-0.39, 0.29) is 0 Å². The Kier molecular flexibility index (Phi) is 2.61. The van der Waals surface area contributed by atoms with E-state index in [2.05, 4.69) is 9.36 Å². The lowest BCUT2D eigenvalue weighted by atomic mass is 10.2. The van der Waals surface area contributed by atoms with Crippen molar-refractivity contribution >= 4 is 33.2 Å². The van der Waals surface area contributed by atoms with Crippen molar-refractivity contribution in [1.29, 1.82) is 0 Å². The lowest BCUT2D eigenvalue weighted by Gasteiger charge is -1.99. The van der Waals surface area contributed by atoms with Gasteiger partial charge in [-0.05, 0) is 30.6 Å². The SMILES string of the molecule is Cc1cn(Cc2nsc3cc(Cl)ccc23)cn1. The molecule has 1 aromatic carbocycles. The molecule has 0 fully saturated rings.